The minimum atomic E-state index is -0.892. The number of para-hydroxylation sites is 1. The van der Waals surface area contributed by atoms with Crippen LogP contribution in [0.1, 0.15) is 23.0 Å². The Kier molecular flexibility index (Phi) is 5.64. The number of pyridine rings is 1. The molecule has 0 aliphatic heterocycles. The number of nitrogens with one attached hydrogen (secondary N) is 2. The van der Waals surface area contributed by atoms with Crippen LogP contribution in [-0.4, -0.2) is 28.7 Å². The normalized spacial score (nSPS) is 11.6. The number of hydrogen-bond acceptors (Lipinski definition) is 4. The van der Waals surface area contributed by atoms with Crippen LogP contribution in [0, 0.1) is 0 Å². The zero-order chi connectivity index (χ0) is 20.1. The molecule has 2 aromatic carbocycles. The quantitative estimate of drug-likeness (QED) is 0.610. The van der Waals surface area contributed by atoms with Gasteiger partial charge in [-0.3, -0.25) is 19.4 Å². The van der Waals surface area contributed by atoms with Gasteiger partial charge in [-0.05, 0) is 36.4 Å². The van der Waals surface area contributed by atoms with Gasteiger partial charge in [-0.1, -0.05) is 24.3 Å². The molecule has 1 aromatic heterocycles. The van der Waals surface area contributed by atoms with E-state index < -0.39 is 17.9 Å². The Labute approximate surface area is 162 Å². The second kappa shape index (κ2) is 8.30. The van der Waals surface area contributed by atoms with Gasteiger partial charge >= 0.3 is 0 Å². The monoisotopic (exact) mass is 376 g/mol. The van der Waals surface area contributed by atoms with Crippen LogP contribution in [-0.2, 0) is 16.0 Å². The predicted octanol–water partition coefficient (Wildman–Crippen LogP) is 2.02. The first kappa shape index (κ1) is 19.0. The number of nitrogens with two attached hydrogens (primary N) is 1. The molecule has 1 atom stereocenters. The lowest BCUT2D eigenvalue weighted by Crippen LogP contribution is -2.46. The average Bonchev–Trinajstić information content (AvgIpc) is 2.67. The number of hydrogen-bond donors (Lipinski definition) is 3. The lowest BCUT2D eigenvalue weighted by molar-refractivity contribution is -0.119. The molecule has 0 saturated heterocycles. The van der Waals surface area contributed by atoms with E-state index in [0.29, 0.717) is 16.9 Å². The van der Waals surface area contributed by atoms with Crippen LogP contribution < -0.4 is 16.4 Å². The molecule has 0 saturated carbocycles. The van der Waals surface area contributed by atoms with Crippen molar-refractivity contribution < 1.29 is 14.4 Å². The molecular weight excluding hydrogens is 356 g/mol. The summed E-state index contributed by atoms with van der Waals surface area (Å²) in [4.78, 5) is 39.9. The highest BCUT2D eigenvalue weighted by molar-refractivity contribution is 5.98. The molecule has 3 rings (SSSR count). The molecule has 7 heteroatoms. The molecule has 7 nitrogen and oxygen atoms in total. The maximum atomic E-state index is 12.5. The Morgan fingerprint density at radius 2 is 1.71 bits per heavy atom. The zero-order valence-corrected chi connectivity index (χ0v) is 15.3. The van der Waals surface area contributed by atoms with Crippen molar-refractivity contribution in [1.82, 2.24) is 10.3 Å². The van der Waals surface area contributed by atoms with Gasteiger partial charge in [-0.2, -0.15) is 0 Å². The van der Waals surface area contributed by atoms with E-state index in [9.17, 15) is 14.4 Å². The molecule has 142 valence electrons. The Hall–Kier alpha value is -3.74. The number of aromatic nitrogens is 1. The molecular formula is C21H20N4O3. The number of carbonyl (C=O) groups is 3. The van der Waals surface area contributed by atoms with Gasteiger partial charge in [-0.15, -0.1) is 0 Å². The van der Waals surface area contributed by atoms with E-state index in [1.807, 2.05) is 36.4 Å². The van der Waals surface area contributed by atoms with E-state index in [-0.39, 0.29) is 12.3 Å². The first-order valence-corrected chi connectivity index (χ1v) is 8.75. The largest absolute Gasteiger partial charge is 0.368 e. The second-order valence-electron chi connectivity index (χ2n) is 6.39. The molecule has 0 unspecified atom stereocenters. The fourth-order valence-corrected chi connectivity index (χ4v) is 2.80. The highest BCUT2D eigenvalue weighted by Crippen LogP contribution is 2.14. The van der Waals surface area contributed by atoms with Crippen molar-refractivity contribution in [2.45, 2.75) is 19.4 Å². The molecule has 3 aromatic rings. The summed E-state index contributed by atoms with van der Waals surface area (Å²) in [6.07, 6.45) is 0.190. The van der Waals surface area contributed by atoms with Gasteiger partial charge in [0.05, 0.1) is 5.52 Å². The number of benzene rings is 2. The van der Waals surface area contributed by atoms with Gasteiger partial charge in [0.2, 0.25) is 11.8 Å². The van der Waals surface area contributed by atoms with Gasteiger partial charge in [0.25, 0.3) is 5.91 Å². The van der Waals surface area contributed by atoms with Gasteiger partial charge in [0.1, 0.15) is 6.04 Å². The van der Waals surface area contributed by atoms with Gasteiger partial charge in [-0.25, -0.2) is 0 Å². The molecule has 0 spiro atoms. The number of anilines is 1. The summed E-state index contributed by atoms with van der Waals surface area (Å²) in [5.74, 6) is -1.27. The predicted molar refractivity (Wildman–Crippen MR) is 107 cm³/mol. The lowest BCUT2D eigenvalue weighted by atomic mass is 10.1. The molecule has 0 aliphatic carbocycles. The SMILES string of the molecule is CC(=O)Nc1ccc(C(=O)N[C@@H](Cc2ccc3ccccc3n2)C(N)=O)cc1. The number of nitrogens with zero attached hydrogens (tertiary/aromatic N) is 1. The molecule has 4 N–H and O–H groups in total. The summed E-state index contributed by atoms with van der Waals surface area (Å²) in [6.45, 7) is 1.40. The fraction of sp³-hybridized carbons (Fsp3) is 0.143. The van der Waals surface area contributed by atoms with Crippen LogP contribution in [0.5, 0.6) is 0 Å². The van der Waals surface area contributed by atoms with Crippen LogP contribution in [0.25, 0.3) is 10.9 Å². The summed E-state index contributed by atoms with van der Waals surface area (Å²) in [6, 6.07) is 16.8. The van der Waals surface area contributed by atoms with Crippen molar-refractivity contribution in [2.24, 2.45) is 5.73 Å². The van der Waals surface area contributed by atoms with Crippen molar-refractivity contribution >= 4 is 34.3 Å². The molecule has 28 heavy (non-hydrogen) atoms. The van der Waals surface area contributed by atoms with Gasteiger partial charge < -0.3 is 16.4 Å². The number of amides is 3. The third kappa shape index (κ3) is 4.70. The molecule has 1 heterocycles. The zero-order valence-electron chi connectivity index (χ0n) is 15.3. The Bertz CT molecular complexity index is 1030. The van der Waals surface area contributed by atoms with Crippen molar-refractivity contribution in [3.05, 3.63) is 71.9 Å². The van der Waals surface area contributed by atoms with Crippen molar-refractivity contribution in [2.75, 3.05) is 5.32 Å². The number of fused-ring (bicyclic) bond motifs is 1. The lowest BCUT2D eigenvalue weighted by Gasteiger charge is -2.16. The van der Waals surface area contributed by atoms with Crippen LogP contribution in [0.15, 0.2) is 60.7 Å². The maximum Gasteiger partial charge on any atom is 0.251 e. The molecule has 0 bridgehead atoms. The summed E-state index contributed by atoms with van der Waals surface area (Å²) < 4.78 is 0. The highest BCUT2D eigenvalue weighted by Gasteiger charge is 2.20. The Morgan fingerprint density at radius 3 is 2.39 bits per heavy atom. The highest BCUT2D eigenvalue weighted by atomic mass is 16.2. The van der Waals surface area contributed by atoms with E-state index in [0.717, 1.165) is 10.9 Å². The van der Waals surface area contributed by atoms with Crippen LogP contribution in [0.2, 0.25) is 0 Å². The van der Waals surface area contributed by atoms with Gasteiger partial charge in [0.15, 0.2) is 0 Å². The first-order valence-electron chi connectivity index (χ1n) is 8.75. The number of carbonyl (C=O) groups excluding carboxylic acids is 3. The van der Waals surface area contributed by atoms with Gasteiger partial charge in [0, 0.05) is 35.7 Å². The molecule has 3 amide bonds. The van der Waals surface area contributed by atoms with Crippen LogP contribution in [0.4, 0.5) is 5.69 Å². The van der Waals surface area contributed by atoms with E-state index in [4.69, 9.17) is 5.73 Å². The molecule has 0 fully saturated rings. The second-order valence-corrected chi connectivity index (χ2v) is 6.39. The smallest absolute Gasteiger partial charge is 0.251 e. The third-order valence-corrected chi connectivity index (χ3v) is 4.19. The molecule has 0 radical (unpaired) electrons. The summed E-state index contributed by atoms with van der Waals surface area (Å²) >= 11 is 0. The van der Waals surface area contributed by atoms with Crippen LogP contribution in [0.3, 0.4) is 0 Å². The van der Waals surface area contributed by atoms with E-state index >= 15 is 0 Å². The van der Waals surface area contributed by atoms with E-state index in [1.165, 1.54) is 6.92 Å². The maximum absolute atomic E-state index is 12.5. The minimum Gasteiger partial charge on any atom is -0.368 e. The number of rotatable bonds is 6. The fourth-order valence-electron chi connectivity index (χ4n) is 2.80. The summed E-state index contributed by atoms with van der Waals surface area (Å²) in [7, 11) is 0. The third-order valence-electron chi connectivity index (χ3n) is 4.19. The van der Waals surface area contributed by atoms with E-state index in [2.05, 4.69) is 15.6 Å². The summed E-state index contributed by atoms with van der Waals surface area (Å²) in [5.41, 5.74) is 7.87. The topological polar surface area (TPSA) is 114 Å². The minimum absolute atomic E-state index is 0.190. The van der Waals surface area contributed by atoms with E-state index in [1.54, 1.807) is 24.3 Å². The molecule has 0 aliphatic rings. The Morgan fingerprint density at radius 1 is 1.00 bits per heavy atom. The van der Waals surface area contributed by atoms with Crippen molar-refractivity contribution in [3.63, 3.8) is 0 Å². The van der Waals surface area contributed by atoms with Crippen LogP contribution >= 0.6 is 0 Å². The van der Waals surface area contributed by atoms with Crippen molar-refractivity contribution in [3.8, 4) is 0 Å². The standard InChI is InChI=1S/C21H20N4O3/c1-13(26)23-16-9-7-15(8-10-16)21(28)25-19(20(22)27)12-17-11-6-14-4-2-3-5-18(14)24-17/h2-11,19H,12H2,1H3,(H2,22,27)(H,23,26)(H,25,28)/t19-/m0/s1. The Balaban J connectivity index is 1.72. The van der Waals surface area contributed by atoms with Crippen molar-refractivity contribution in [1.29, 1.82) is 0 Å². The summed E-state index contributed by atoms with van der Waals surface area (Å²) in [5, 5.41) is 6.26. The average molecular weight is 376 g/mol. The first-order chi connectivity index (χ1) is 13.4. The number of primary amides is 1.